The van der Waals surface area contributed by atoms with E-state index in [1.807, 2.05) is 0 Å². The summed E-state index contributed by atoms with van der Waals surface area (Å²) in [4.78, 5) is 8.28. The van der Waals surface area contributed by atoms with Crippen LogP contribution >= 0.6 is 0 Å². The molecule has 0 aliphatic heterocycles. The van der Waals surface area contributed by atoms with Gasteiger partial charge in [-0.25, -0.2) is 0 Å². The molecule has 0 spiro atoms. The lowest BCUT2D eigenvalue weighted by atomic mass is 10.1. The van der Waals surface area contributed by atoms with Gasteiger partial charge in [-0.1, -0.05) is 24.3 Å². The molecule has 20 nitrogen and oxygen atoms in total. The Morgan fingerprint density at radius 3 is 1.72 bits per heavy atom. The molecule has 0 saturated carbocycles. The second-order valence-electron chi connectivity index (χ2n) is 11.1. The van der Waals surface area contributed by atoms with Gasteiger partial charge in [0.2, 0.25) is 0 Å². The van der Waals surface area contributed by atoms with Crippen LogP contribution in [-0.4, -0.2) is 71.8 Å². The largest absolute Gasteiger partial charge is 0.295 e. The molecule has 1 aromatic heterocycles. The van der Waals surface area contributed by atoms with E-state index in [0.717, 1.165) is 41.2 Å². The maximum atomic E-state index is 12.2. The summed E-state index contributed by atoms with van der Waals surface area (Å²) in [5.74, 6) is 0. The van der Waals surface area contributed by atoms with Crippen molar-refractivity contribution in [3.05, 3.63) is 106 Å². The van der Waals surface area contributed by atoms with Gasteiger partial charge < -0.3 is 0 Å². The van der Waals surface area contributed by atoms with Gasteiger partial charge in [0.1, 0.15) is 25.7 Å². The van der Waals surface area contributed by atoms with E-state index < -0.39 is 70.7 Å². The predicted molar refractivity (Wildman–Crippen MR) is 188 cm³/mol. The lowest BCUT2D eigenvalue weighted by Crippen LogP contribution is -2.04. The fraction of sp³-hybridized carbons (Fsp3) is 0. The van der Waals surface area contributed by atoms with Gasteiger partial charge in [-0.2, -0.15) is 48.7 Å². The molecule has 54 heavy (non-hydrogen) atoms. The molecule has 1 heterocycles. The zero-order valence-electron chi connectivity index (χ0n) is 26.4. The van der Waals surface area contributed by atoms with Gasteiger partial charge in [-0.05, 0) is 71.8 Å². The fourth-order valence-electron chi connectivity index (χ4n) is 5.12. The Hall–Kier alpha value is -5.86. The molecule has 0 saturated heterocycles. The number of fused-ring (bicyclic) bond motifs is 3. The Kier molecular flexibility index (Phi) is 9.49. The van der Waals surface area contributed by atoms with Crippen molar-refractivity contribution in [2.45, 2.75) is 19.6 Å². The number of benzene rings is 5. The lowest BCUT2D eigenvalue weighted by molar-refractivity contribution is -0.385. The number of rotatable bonds is 10. The van der Waals surface area contributed by atoms with E-state index in [4.69, 9.17) is 0 Å². The molecule has 4 N–H and O–H groups in total. The highest BCUT2D eigenvalue weighted by Gasteiger charge is 2.23. The highest BCUT2D eigenvalue weighted by atomic mass is 32.2. The molecule has 0 bridgehead atoms. The van der Waals surface area contributed by atoms with E-state index >= 15 is 0 Å². The van der Waals surface area contributed by atoms with Crippen LogP contribution < -0.4 is 0 Å². The summed E-state index contributed by atoms with van der Waals surface area (Å²) in [5, 5.41) is 27.6. The maximum Gasteiger partial charge on any atom is 0.295 e. The molecule has 278 valence electrons. The van der Waals surface area contributed by atoms with Crippen molar-refractivity contribution < 1.29 is 56.8 Å². The average Bonchev–Trinajstić information content (AvgIpc) is 3.53. The Labute approximate surface area is 303 Å². The molecule has 0 unspecified atom stereocenters. The highest BCUT2D eigenvalue weighted by molar-refractivity contribution is 7.87. The van der Waals surface area contributed by atoms with Crippen molar-refractivity contribution in [3.63, 3.8) is 0 Å². The quantitative estimate of drug-likeness (QED) is 0.0462. The summed E-state index contributed by atoms with van der Waals surface area (Å²) in [6, 6.07) is 16.3. The van der Waals surface area contributed by atoms with Crippen molar-refractivity contribution in [1.29, 1.82) is 0 Å². The molecular formula is C30H20N6O14S4. The van der Waals surface area contributed by atoms with Crippen LogP contribution in [0, 0.1) is 10.1 Å². The van der Waals surface area contributed by atoms with Crippen LogP contribution in [0.25, 0.3) is 39.6 Å². The van der Waals surface area contributed by atoms with Crippen LogP contribution in [0.2, 0.25) is 0 Å². The first kappa shape index (κ1) is 37.9. The number of azo groups is 1. The molecule has 6 rings (SSSR count). The average molecular weight is 817 g/mol. The zero-order chi connectivity index (χ0) is 39.4. The van der Waals surface area contributed by atoms with Crippen LogP contribution in [0.15, 0.2) is 115 Å². The molecule has 0 atom stereocenters. The van der Waals surface area contributed by atoms with E-state index in [1.165, 1.54) is 48.5 Å². The van der Waals surface area contributed by atoms with Crippen LogP contribution in [0.4, 0.5) is 17.1 Å². The van der Waals surface area contributed by atoms with E-state index in [9.17, 15) is 62.0 Å². The monoisotopic (exact) mass is 816 g/mol. The minimum Gasteiger partial charge on any atom is -0.282 e. The summed E-state index contributed by atoms with van der Waals surface area (Å²) >= 11 is 0. The second kappa shape index (κ2) is 13.5. The SMILES string of the molecule is O=[N+]([O-])c1ccc(/C=C/c2ccc(N=Nc3ccc(-n4nc5ccc6c(S(=O)(=O)O)cc(S(=O)(=O)O)cc6c5n4)cc3)cc2S(=O)(=O)O)c(S(=O)(=O)O)c1. The van der Waals surface area contributed by atoms with E-state index in [2.05, 4.69) is 20.4 Å². The number of hydrogen-bond donors (Lipinski definition) is 4. The summed E-state index contributed by atoms with van der Waals surface area (Å²) in [6.07, 6.45) is 2.15. The molecular weight excluding hydrogens is 797 g/mol. The van der Waals surface area contributed by atoms with Crippen molar-refractivity contribution in [3.8, 4) is 5.69 Å². The molecule has 5 aromatic carbocycles. The molecule has 0 aliphatic carbocycles. The highest BCUT2D eigenvalue weighted by Crippen LogP contribution is 2.33. The van der Waals surface area contributed by atoms with Crippen molar-refractivity contribution in [2.24, 2.45) is 10.2 Å². The third-order valence-electron chi connectivity index (χ3n) is 7.56. The van der Waals surface area contributed by atoms with Crippen LogP contribution in [0.3, 0.4) is 0 Å². The summed E-state index contributed by atoms with van der Waals surface area (Å²) in [6.45, 7) is 0. The van der Waals surface area contributed by atoms with Crippen molar-refractivity contribution in [1.82, 2.24) is 15.0 Å². The van der Waals surface area contributed by atoms with Gasteiger partial charge in [0, 0.05) is 22.9 Å². The van der Waals surface area contributed by atoms with Gasteiger partial charge in [0.15, 0.2) is 0 Å². The number of nitro groups is 1. The van der Waals surface area contributed by atoms with Crippen LogP contribution in [0.1, 0.15) is 11.1 Å². The number of non-ortho nitro benzene ring substituents is 1. The minimum atomic E-state index is -4.93. The number of hydrogen-bond acceptors (Lipinski definition) is 14. The molecule has 24 heteroatoms. The Morgan fingerprint density at radius 1 is 0.593 bits per heavy atom. The first-order valence-electron chi connectivity index (χ1n) is 14.5. The molecule has 6 aromatic rings. The van der Waals surface area contributed by atoms with Crippen molar-refractivity contribution >= 4 is 91.5 Å². The van der Waals surface area contributed by atoms with Gasteiger partial charge in [0.05, 0.1) is 26.9 Å². The smallest absolute Gasteiger partial charge is 0.282 e. The fourth-order valence-corrected chi connectivity index (χ4v) is 7.87. The minimum absolute atomic E-state index is 0.0335. The Bertz CT molecular complexity index is 3070. The number of aromatic nitrogens is 3. The first-order valence-corrected chi connectivity index (χ1v) is 20.2. The van der Waals surface area contributed by atoms with Crippen molar-refractivity contribution in [2.75, 3.05) is 0 Å². The molecule has 0 radical (unpaired) electrons. The Balaban J connectivity index is 1.29. The normalized spacial score (nSPS) is 13.0. The third-order valence-corrected chi connectivity index (χ3v) is 11.1. The number of nitrogens with zero attached hydrogens (tertiary/aromatic N) is 6. The predicted octanol–water partition coefficient (Wildman–Crippen LogP) is 5.05. The summed E-state index contributed by atoms with van der Waals surface area (Å²) in [7, 11) is -19.6. The van der Waals surface area contributed by atoms with Gasteiger partial charge in [0.25, 0.3) is 46.2 Å². The second-order valence-corrected chi connectivity index (χ2v) is 16.7. The summed E-state index contributed by atoms with van der Waals surface area (Å²) in [5.41, 5.74) is -0.221. The Morgan fingerprint density at radius 2 is 1.15 bits per heavy atom. The standard InChI is InChI=1S/C30H20N6O14S4/c37-36(38)22-8-4-18(28(14-22)53(45,46)47)2-1-17-3-5-20(13-27(17)52(42,43)44)32-31-19-6-9-21(10-7-19)35-33-26-12-11-24-25(30(26)34-35)15-23(51(39,40)41)16-29(24)54(48,49)50/h1-16H,(H,39,40,41)(H,42,43,44)(H,45,46,47)(H,48,49,50)/b2-1+,32-31?. The van der Waals surface area contributed by atoms with Gasteiger partial charge >= 0.3 is 0 Å². The number of nitro benzene ring substituents is 1. The molecule has 0 fully saturated rings. The third kappa shape index (κ3) is 7.89. The van der Waals surface area contributed by atoms with Crippen LogP contribution in [0.5, 0.6) is 0 Å². The van der Waals surface area contributed by atoms with E-state index in [1.54, 1.807) is 0 Å². The lowest BCUT2D eigenvalue weighted by Gasteiger charge is -2.07. The zero-order valence-corrected chi connectivity index (χ0v) is 29.7. The summed E-state index contributed by atoms with van der Waals surface area (Å²) < 4.78 is 135. The van der Waals surface area contributed by atoms with Crippen LogP contribution in [-0.2, 0) is 40.5 Å². The first-order chi connectivity index (χ1) is 25.1. The van der Waals surface area contributed by atoms with E-state index in [0.29, 0.717) is 17.8 Å². The van der Waals surface area contributed by atoms with Gasteiger partial charge in [-0.15, -0.1) is 10.2 Å². The van der Waals surface area contributed by atoms with Gasteiger partial charge in [-0.3, -0.25) is 28.3 Å². The van der Waals surface area contributed by atoms with E-state index in [-0.39, 0.29) is 44.3 Å². The maximum absolute atomic E-state index is 12.2. The molecule has 0 amide bonds. The molecule has 0 aliphatic rings. The topological polar surface area (TPSA) is 316 Å².